The Morgan fingerprint density at radius 3 is 1.31 bits per heavy atom. The largest absolute Gasteiger partial charge is 0.306 e. The SMILES string of the molecule is CCCCCCCCC(CCCCCC)CN1C(=O)C2=C(c3ccc(C(C)(C)C)s3)N(CC(CCCCCC)CCCCCCCC)C(=O)C2=C1c1ccc(-c2cc3c(CCCCCC)c(C=O)c4cc(C(C)(C)C)sc4c3s2)s1. The van der Waals surface area contributed by atoms with Crippen molar-refractivity contribution in [2.75, 3.05) is 13.1 Å². The summed E-state index contributed by atoms with van der Waals surface area (Å²) in [5, 5.41) is 2.31. The predicted octanol–water partition coefficient (Wildman–Crippen LogP) is 22.9. The number of carbonyl (C=O) groups excluding carboxylic acids is 3. The van der Waals surface area contributed by atoms with E-state index in [9.17, 15) is 4.79 Å². The summed E-state index contributed by atoms with van der Waals surface area (Å²) in [7, 11) is 0. The fraction of sp³-hybridized carbons (Fsp3) is 0.648. The van der Waals surface area contributed by atoms with Crippen molar-refractivity contribution in [2.45, 2.75) is 273 Å². The number of aryl methyl sites for hydroxylation is 1. The van der Waals surface area contributed by atoms with E-state index in [2.05, 4.69) is 122 Å². The third kappa shape index (κ3) is 16.1. The van der Waals surface area contributed by atoms with Crippen LogP contribution < -0.4 is 0 Å². The number of hydrogen-bond acceptors (Lipinski definition) is 7. The van der Waals surface area contributed by atoms with E-state index in [1.807, 2.05) is 22.7 Å². The molecule has 80 heavy (non-hydrogen) atoms. The van der Waals surface area contributed by atoms with Crippen LogP contribution in [0.2, 0.25) is 0 Å². The summed E-state index contributed by atoms with van der Waals surface area (Å²) in [6, 6.07) is 13.6. The number of hydrogen-bond donors (Lipinski definition) is 0. The van der Waals surface area contributed by atoms with Gasteiger partial charge in [-0.25, -0.2) is 0 Å². The number of unbranched alkanes of at least 4 members (excludes halogenated alkanes) is 19. The second-order valence-electron chi connectivity index (χ2n) is 26.2. The van der Waals surface area contributed by atoms with Crippen molar-refractivity contribution in [3.63, 3.8) is 0 Å². The molecule has 0 spiro atoms. The zero-order chi connectivity index (χ0) is 57.4. The first-order valence-corrected chi connectivity index (χ1v) is 35.7. The highest BCUT2D eigenvalue weighted by atomic mass is 32.1. The lowest BCUT2D eigenvalue weighted by atomic mass is 9.92. The van der Waals surface area contributed by atoms with Crippen LogP contribution in [0.5, 0.6) is 0 Å². The number of thiophene rings is 4. The molecule has 440 valence electrons. The second-order valence-corrected chi connectivity index (χ2v) is 30.4. The van der Waals surface area contributed by atoms with Crippen molar-refractivity contribution < 1.29 is 14.4 Å². The summed E-state index contributed by atoms with van der Waals surface area (Å²) in [5.41, 5.74) is 4.92. The topological polar surface area (TPSA) is 57.7 Å². The summed E-state index contributed by atoms with van der Waals surface area (Å²) in [6.45, 7) is 26.3. The minimum Gasteiger partial charge on any atom is -0.306 e. The van der Waals surface area contributed by atoms with Crippen LogP contribution in [0.25, 0.3) is 41.3 Å². The van der Waals surface area contributed by atoms with Crippen LogP contribution in [0.15, 0.2) is 47.5 Å². The maximum absolute atomic E-state index is 16.1. The maximum atomic E-state index is 16.1. The zero-order valence-electron chi connectivity index (χ0n) is 51.9. The molecule has 0 aliphatic carbocycles. The number of fused-ring (bicyclic) bond motifs is 4. The number of nitrogens with zero attached hydrogens (tertiary/aromatic N) is 2. The van der Waals surface area contributed by atoms with Gasteiger partial charge in [-0.15, -0.1) is 45.3 Å². The molecule has 2 aliphatic rings. The van der Waals surface area contributed by atoms with Crippen LogP contribution in [0.1, 0.15) is 291 Å². The van der Waals surface area contributed by atoms with E-state index >= 15 is 9.59 Å². The van der Waals surface area contributed by atoms with E-state index in [1.54, 1.807) is 22.7 Å². The van der Waals surface area contributed by atoms with E-state index < -0.39 is 0 Å². The zero-order valence-corrected chi connectivity index (χ0v) is 55.1. The third-order valence-electron chi connectivity index (χ3n) is 17.3. The lowest BCUT2D eigenvalue weighted by molar-refractivity contribution is -0.124. The molecule has 9 heteroatoms. The molecule has 6 heterocycles. The Hall–Kier alpha value is -3.37. The summed E-state index contributed by atoms with van der Waals surface area (Å²) < 4.78 is 2.49. The highest BCUT2D eigenvalue weighted by Crippen LogP contribution is 2.53. The van der Waals surface area contributed by atoms with Crippen molar-refractivity contribution >= 4 is 95.0 Å². The molecule has 2 amide bonds. The van der Waals surface area contributed by atoms with Gasteiger partial charge in [0.1, 0.15) is 0 Å². The molecule has 7 rings (SSSR count). The normalized spacial score (nSPS) is 15.1. The van der Waals surface area contributed by atoms with Gasteiger partial charge in [-0.3, -0.25) is 14.4 Å². The number of carbonyl (C=O) groups is 3. The van der Waals surface area contributed by atoms with Crippen LogP contribution in [-0.4, -0.2) is 41.0 Å². The van der Waals surface area contributed by atoms with Crippen LogP contribution in [-0.2, 0) is 26.8 Å². The van der Waals surface area contributed by atoms with Crippen LogP contribution in [0.3, 0.4) is 0 Å². The fourth-order valence-corrected chi connectivity index (χ4v) is 17.4. The van der Waals surface area contributed by atoms with Gasteiger partial charge in [0.2, 0.25) is 0 Å². The quantitative estimate of drug-likeness (QED) is 0.0294. The monoisotopic (exact) mass is 1160 g/mol. The molecule has 0 N–H and O–H groups in total. The van der Waals surface area contributed by atoms with Gasteiger partial charge in [0.25, 0.3) is 11.8 Å². The molecule has 5 nitrogen and oxygen atoms in total. The fourth-order valence-electron chi connectivity index (χ4n) is 12.5. The van der Waals surface area contributed by atoms with Crippen LogP contribution in [0.4, 0.5) is 0 Å². The lowest BCUT2D eigenvalue weighted by Crippen LogP contribution is -2.34. The van der Waals surface area contributed by atoms with E-state index in [-0.39, 0.29) is 22.6 Å². The lowest BCUT2D eigenvalue weighted by Gasteiger charge is -2.29. The van der Waals surface area contributed by atoms with Crippen LogP contribution >= 0.6 is 45.3 Å². The van der Waals surface area contributed by atoms with E-state index in [4.69, 9.17) is 0 Å². The van der Waals surface area contributed by atoms with Gasteiger partial charge < -0.3 is 9.80 Å². The van der Waals surface area contributed by atoms with Gasteiger partial charge in [0.05, 0.1) is 41.7 Å². The highest BCUT2D eigenvalue weighted by Gasteiger charge is 2.50. The molecular weight excluding hydrogens is 1060 g/mol. The van der Waals surface area contributed by atoms with E-state index in [1.165, 1.54) is 176 Å². The summed E-state index contributed by atoms with van der Waals surface area (Å²) in [6.07, 6.45) is 35.7. The maximum Gasteiger partial charge on any atom is 0.261 e. The second kappa shape index (κ2) is 31.0. The Labute approximate surface area is 501 Å². The van der Waals surface area contributed by atoms with Gasteiger partial charge in [-0.05, 0) is 109 Å². The molecule has 0 fully saturated rings. The molecule has 4 aromatic heterocycles. The standard InChI is InChI=1S/C71H104N2O3S4/c1-12-17-22-27-29-33-38-50(36-31-24-19-14-3)47-72-64(57-42-41-56(77-57)59-45-53-52(40-35-26-21-16-5)55(49-74)54-46-61(71(9,10)11)80-67(54)66(53)79-59)62-63(69(72)76)65(58-43-44-60(78-58)70(6,7)8)73(68(62)75)48-51(37-32-25-20-15-4)39-34-30-28-23-18-13-2/h41-46,49-51H,12-40,47-48H2,1-11H3. The van der Waals surface area contributed by atoms with Gasteiger partial charge in [0, 0.05) is 43.5 Å². The highest BCUT2D eigenvalue weighted by molar-refractivity contribution is 7.30. The average molecular weight is 1160 g/mol. The summed E-state index contributed by atoms with van der Waals surface area (Å²) in [4.78, 5) is 56.6. The Bertz CT molecular complexity index is 2850. The van der Waals surface area contributed by atoms with Gasteiger partial charge >= 0.3 is 0 Å². The average Bonchev–Trinajstić information content (AvgIpc) is 4.40. The Kier molecular flexibility index (Phi) is 24.8. The summed E-state index contributed by atoms with van der Waals surface area (Å²) in [5.74, 6) is 0.750. The minimum absolute atomic E-state index is 0.0177. The number of rotatable bonds is 37. The Balaban J connectivity index is 1.38. The van der Waals surface area contributed by atoms with Crippen molar-refractivity contribution in [2.24, 2.45) is 11.8 Å². The van der Waals surface area contributed by atoms with E-state index in [0.717, 1.165) is 88.2 Å². The van der Waals surface area contributed by atoms with Gasteiger partial charge in [-0.2, -0.15) is 0 Å². The minimum atomic E-state index is -0.0625. The molecule has 0 bridgehead atoms. The van der Waals surface area contributed by atoms with E-state index in [0.29, 0.717) is 36.1 Å². The number of aldehydes is 1. The molecule has 2 aliphatic heterocycles. The molecule has 0 saturated carbocycles. The van der Waals surface area contributed by atoms with Crippen molar-refractivity contribution in [3.05, 3.63) is 78.2 Å². The molecular formula is C71H104N2O3S4. The van der Waals surface area contributed by atoms with Crippen molar-refractivity contribution in [1.82, 2.24) is 9.80 Å². The molecule has 5 aromatic rings. The first-order valence-electron chi connectivity index (χ1n) is 32.4. The third-order valence-corrected chi connectivity index (χ3v) is 23.0. The predicted molar refractivity (Wildman–Crippen MR) is 353 cm³/mol. The Morgan fingerprint density at radius 1 is 0.438 bits per heavy atom. The molecule has 2 unspecified atom stereocenters. The number of amides is 2. The van der Waals surface area contributed by atoms with Crippen LogP contribution in [0, 0.1) is 11.8 Å². The van der Waals surface area contributed by atoms with Gasteiger partial charge in [-0.1, -0.05) is 224 Å². The number of benzene rings is 1. The molecule has 1 aromatic carbocycles. The van der Waals surface area contributed by atoms with Gasteiger partial charge in [0.15, 0.2) is 6.29 Å². The molecule has 0 radical (unpaired) electrons. The van der Waals surface area contributed by atoms with Crippen molar-refractivity contribution in [1.29, 1.82) is 0 Å². The first-order chi connectivity index (χ1) is 38.6. The molecule has 2 atom stereocenters. The smallest absolute Gasteiger partial charge is 0.261 e. The van der Waals surface area contributed by atoms with Crippen molar-refractivity contribution in [3.8, 4) is 9.75 Å². The molecule has 0 saturated heterocycles. The first kappa shape index (κ1) is 64.2. The summed E-state index contributed by atoms with van der Waals surface area (Å²) >= 11 is 7.23. The Morgan fingerprint density at radius 2 is 0.850 bits per heavy atom.